The van der Waals surface area contributed by atoms with Crippen molar-refractivity contribution in [3.05, 3.63) is 89.1 Å². The highest BCUT2D eigenvalue weighted by Gasteiger charge is 2.24. The summed E-state index contributed by atoms with van der Waals surface area (Å²) in [5, 5.41) is 5.85. The number of H-pyrrole nitrogens is 1. The molecule has 0 spiro atoms. The number of nitrogens with one attached hydrogen (secondary N) is 2. The molecule has 0 radical (unpaired) electrons. The minimum Gasteiger partial charge on any atom is -0.357 e. The molecule has 0 saturated carbocycles. The lowest BCUT2D eigenvalue weighted by Crippen LogP contribution is -2.35. The Morgan fingerprint density at radius 1 is 0.933 bits per heavy atom. The van der Waals surface area contributed by atoms with Gasteiger partial charge < -0.3 is 10.3 Å². The Bertz CT molecular complexity index is 1140. The Morgan fingerprint density at radius 3 is 2.50 bits per heavy atom. The van der Waals surface area contributed by atoms with E-state index < -0.39 is 0 Å². The molecule has 30 heavy (non-hydrogen) atoms. The summed E-state index contributed by atoms with van der Waals surface area (Å²) < 4.78 is 0. The SMILES string of the molecule is Clc1ccc(-c2ccccc2)c2c3c([nH]c12)CC(CCCSc1ccccc1)NC3. The van der Waals surface area contributed by atoms with Gasteiger partial charge in [-0.3, -0.25) is 0 Å². The molecule has 4 heteroatoms. The molecule has 1 unspecified atom stereocenters. The fourth-order valence-corrected chi connectivity index (χ4v) is 5.52. The molecule has 152 valence electrons. The lowest BCUT2D eigenvalue weighted by atomic mass is 9.94. The van der Waals surface area contributed by atoms with E-state index in [1.54, 1.807) is 0 Å². The maximum Gasteiger partial charge on any atom is 0.0655 e. The first-order chi connectivity index (χ1) is 14.8. The number of aromatic nitrogens is 1. The van der Waals surface area contributed by atoms with Crippen LogP contribution in [0.15, 0.2) is 77.7 Å². The Hall–Kier alpha value is -2.20. The van der Waals surface area contributed by atoms with Gasteiger partial charge in [0.1, 0.15) is 0 Å². The van der Waals surface area contributed by atoms with Crippen LogP contribution in [0.3, 0.4) is 0 Å². The number of rotatable bonds is 6. The van der Waals surface area contributed by atoms with E-state index in [4.69, 9.17) is 11.6 Å². The van der Waals surface area contributed by atoms with E-state index in [0.29, 0.717) is 6.04 Å². The quantitative estimate of drug-likeness (QED) is 0.252. The van der Waals surface area contributed by atoms with Crippen molar-refractivity contribution in [2.75, 3.05) is 5.75 Å². The summed E-state index contributed by atoms with van der Waals surface area (Å²) >= 11 is 8.53. The molecule has 5 rings (SSSR count). The van der Waals surface area contributed by atoms with Crippen LogP contribution in [0, 0.1) is 0 Å². The van der Waals surface area contributed by atoms with Crippen molar-refractivity contribution in [2.45, 2.75) is 36.7 Å². The highest BCUT2D eigenvalue weighted by Crippen LogP contribution is 2.38. The Kier molecular flexibility index (Phi) is 5.85. The summed E-state index contributed by atoms with van der Waals surface area (Å²) in [6.07, 6.45) is 3.43. The Labute approximate surface area is 187 Å². The zero-order chi connectivity index (χ0) is 20.3. The van der Waals surface area contributed by atoms with Crippen molar-refractivity contribution < 1.29 is 0 Å². The molecular weight excluding hydrogens is 408 g/mol. The first kappa shape index (κ1) is 19.7. The smallest absolute Gasteiger partial charge is 0.0655 e. The molecule has 1 aliphatic rings. The maximum absolute atomic E-state index is 6.58. The topological polar surface area (TPSA) is 27.8 Å². The second-order valence-electron chi connectivity index (χ2n) is 7.88. The van der Waals surface area contributed by atoms with Crippen molar-refractivity contribution in [2.24, 2.45) is 0 Å². The summed E-state index contributed by atoms with van der Waals surface area (Å²) in [6.45, 7) is 0.895. The third-order valence-electron chi connectivity index (χ3n) is 5.91. The van der Waals surface area contributed by atoms with Crippen molar-refractivity contribution in [3.63, 3.8) is 0 Å². The first-order valence-corrected chi connectivity index (χ1v) is 11.9. The molecule has 0 aliphatic carbocycles. The molecule has 1 aliphatic heterocycles. The predicted molar refractivity (Wildman–Crippen MR) is 129 cm³/mol. The highest BCUT2D eigenvalue weighted by atomic mass is 35.5. The molecule has 0 amide bonds. The molecule has 2 N–H and O–H groups in total. The number of fused-ring (bicyclic) bond motifs is 3. The van der Waals surface area contributed by atoms with Crippen LogP contribution in [0.4, 0.5) is 0 Å². The van der Waals surface area contributed by atoms with Crippen LogP contribution in [0.5, 0.6) is 0 Å². The summed E-state index contributed by atoms with van der Waals surface area (Å²) in [7, 11) is 0. The number of aromatic amines is 1. The largest absolute Gasteiger partial charge is 0.357 e. The monoisotopic (exact) mass is 432 g/mol. The molecule has 0 bridgehead atoms. The van der Waals surface area contributed by atoms with Crippen molar-refractivity contribution in [3.8, 4) is 11.1 Å². The number of benzene rings is 3. The zero-order valence-electron chi connectivity index (χ0n) is 16.8. The van der Waals surface area contributed by atoms with Gasteiger partial charge in [0.05, 0.1) is 10.5 Å². The van der Waals surface area contributed by atoms with Crippen molar-refractivity contribution in [1.29, 1.82) is 0 Å². The highest BCUT2D eigenvalue weighted by molar-refractivity contribution is 7.99. The second kappa shape index (κ2) is 8.89. The second-order valence-corrected chi connectivity index (χ2v) is 9.45. The molecule has 3 aromatic carbocycles. The van der Waals surface area contributed by atoms with Gasteiger partial charge in [-0.2, -0.15) is 0 Å². The van der Waals surface area contributed by atoms with E-state index in [0.717, 1.165) is 29.3 Å². The van der Waals surface area contributed by atoms with Gasteiger partial charge in [-0.05, 0) is 53.5 Å². The van der Waals surface area contributed by atoms with Gasteiger partial charge in [0.25, 0.3) is 0 Å². The van der Waals surface area contributed by atoms with Gasteiger partial charge >= 0.3 is 0 Å². The van der Waals surface area contributed by atoms with Gasteiger partial charge in [-0.1, -0.05) is 66.2 Å². The fraction of sp³-hybridized carbons (Fsp3) is 0.231. The van der Waals surface area contributed by atoms with E-state index in [2.05, 4.69) is 77.0 Å². The van der Waals surface area contributed by atoms with E-state index in [-0.39, 0.29) is 0 Å². The zero-order valence-corrected chi connectivity index (χ0v) is 18.4. The molecule has 0 fully saturated rings. The van der Waals surface area contributed by atoms with Crippen LogP contribution in [0.1, 0.15) is 24.1 Å². The van der Waals surface area contributed by atoms with E-state index in [1.807, 2.05) is 17.8 Å². The van der Waals surface area contributed by atoms with Gasteiger partial charge in [-0.25, -0.2) is 0 Å². The minimum absolute atomic E-state index is 0.515. The molecular formula is C26H25ClN2S. The van der Waals surface area contributed by atoms with Gasteiger partial charge in [0.2, 0.25) is 0 Å². The van der Waals surface area contributed by atoms with Gasteiger partial charge in [0, 0.05) is 35.0 Å². The van der Waals surface area contributed by atoms with Crippen molar-refractivity contribution >= 4 is 34.3 Å². The van der Waals surface area contributed by atoms with Gasteiger partial charge in [-0.15, -0.1) is 11.8 Å². The molecule has 1 atom stereocenters. The number of hydrogen-bond acceptors (Lipinski definition) is 2. The maximum atomic E-state index is 6.58. The van der Waals surface area contributed by atoms with Crippen LogP contribution in [0.25, 0.3) is 22.0 Å². The lowest BCUT2D eigenvalue weighted by Gasteiger charge is -2.24. The Balaban J connectivity index is 1.32. The molecule has 2 heterocycles. The van der Waals surface area contributed by atoms with E-state index in [1.165, 1.54) is 45.5 Å². The molecule has 2 nitrogen and oxygen atoms in total. The average Bonchev–Trinajstić information content (AvgIpc) is 3.18. The molecule has 4 aromatic rings. The molecule has 1 aromatic heterocycles. The third kappa shape index (κ3) is 4.02. The van der Waals surface area contributed by atoms with Crippen LogP contribution in [-0.2, 0) is 13.0 Å². The fourth-order valence-electron chi connectivity index (χ4n) is 4.42. The van der Waals surface area contributed by atoms with Crippen LogP contribution < -0.4 is 5.32 Å². The number of hydrogen-bond donors (Lipinski definition) is 2. The van der Waals surface area contributed by atoms with E-state index >= 15 is 0 Å². The normalized spacial score (nSPS) is 16.0. The standard InChI is InChI=1S/C26H25ClN2S/c27-23-14-13-21(18-8-3-1-4-9-18)25-22-17-28-19(16-24(22)29-26(23)25)10-7-15-30-20-11-5-2-6-12-20/h1-6,8-9,11-14,19,28-29H,7,10,15-17H2. The average molecular weight is 433 g/mol. The van der Waals surface area contributed by atoms with Gasteiger partial charge in [0.15, 0.2) is 0 Å². The van der Waals surface area contributed by atoms with E-state index in [9.17, 15) is 0 Å². The first-order valence-electron chi connectivity index (χ1n) is 10.6. The lowest BCUT2D eigenvalue weighted by molar-refractivity contribution is 0.447. The van der Waals surface area contributed by atoms with Crippen molar-refractivity contribution in [1.82, 2.24) is 10.3 Å². The molecule has 0 saturated heterocycles. The third-order valence-corrected chi connectivity index (χ3v) is 7.32. The number of halogens is 1. The van der Waals surface area contributed by atoms with Crippen LogP contribution in [-0.4, -0.2) is 16.8 Å². The predicted octanol–water partition coefficient (Wildman–Crippen LogP) is 7.08. The van der Waals surface area contributed by atoms with Crippen LogP contribution in [0.2, 0.25) is 5.02 Å². The van der Waals surface area contributed by atoms with Crippen LogP contribution >= 0.6 is 23.4 Å². The Morgan fingerprint density at radius 2 is 1.70 bits per heavy atom. The summed E-state index contributed by atoms with van der Waals surface area (Å²) in [4.78, 5) is 5.02. The minimum atomic E-state index is 0.515. The number of thioether (sulfide) groups is 1. The summed E-state index contributed by atoms with van der Waals surface area (Å²) in [5.41, 5.74) is 6.29. The summed E-state index contributed by atoms with van der Waals surface area (Å²) in [5.74, 6) is 1.16. The summed E-state index contributed by atoms with van der Waals surface area (Å²) in [6, 6.07) is 25.9.